The van der Waals surface area contributed by atoms with Crippen LogP contribution in [0.5, 0.6) is 5.75 Å². The van der Waals surface area contributed by atoms with E-state index in [4.69, 9.17) is 4.74 Å². The van der Waals surface area contributed by atoms with E-state index >= 15 is 0 Å². The molecule has 1 atom stereocenters. The Morgan fingerprint density at radius 1 is 1.00 bits per heavy atom. The second-order valence-corrected chi connectivity index (χ2v) is 6.57. The minimum atomic E-state index is 0. The van der Waals surface area contributed by atoms with Crippen molar-refractivity contribution in [2.75, 3.05) is 7.11 Å². The fourth-order valence-electron chi connectivity index (χ4n) is 3.72. The van der Waals surface area contributed by atoms with Crippen LogP contribution >= 0.6 is 12.4 Å². The van der Waals surface area contributed by atoms with Gasteiger partial charge in [-0.1, -0.05) is 42.5 Å². The molecule has 0 radical (unpaired) electrons. The first-order valence-electron chi connectivity index (χ1n) is 8.71. The molecule has 1 unspecified atom stereocenters. The molecule has 1 aliphatic carbocycles. The van der Waals surface area contributed by atoms with Crippen LogP contribution in [-0.4, -0.2) is 7.11 Å². The van der Waals surface area contributed by atoms with E-state index in [9.17, 15) is 0 Å². The Morgan fingerprint density at radius 2 is 1.80 bits per heavy atom. The van der Waals surface area contributed by atoms with Crippen molar-refractivity contribution >= 4 is 23.2 Å². The van der Waals surface area contributed by atoms with Crippen molar-refractivity contribution < 1.29 is 4.74 Å². The highest BCUT2D eigenvalue weighted by molar-refractivity contribution is 5.85. The molecular formula is C22H24ClNO. The highest BCUT2D eigenvalue weighted by Gasteiger charge is 2.18. The van der Waals surface area contributed by atoms with Gasteiger partial charge in [0.2, 0.25) is 0 Å². The van der Waals surface area contributed by atoms with Gasteiger partial charge in [-0.2, -0.15) is 0 Å². The van der Waals surface area contributed by atoms with E-state index in [0.717, 1.165) is 12.3 Å². The molecule has 3 heteroatoms. The zero-order valence-corrected chi connectivity index (χ0v) is 15.3. The number of hydrogen-bond donors (Lipinski definition) is 1. The van der Waals surface area contributed by atoms with Crippen LogP contribution in [0, 0.1) is 0 Å². The second kappa shape index (κ2) is 7.90. The van der Waals surface area contributed by atoms with Gasteiger partial charge in [0, 0.05) is 12.6 Å². The Kier molecular flexibility index (Phi) is 5.62. The summed E-state index contributed by atoms with van der Waals surface area (Å²) < 4.78 is 5.30. The first kappa shape index (κ1) is 17.8. The van der Waals surface area contributed by atoms with Crippen LogP contribution in [0.15, 0.2) is 60.7 Å². The van der Waals surface area contributed by atoms with Gasteiger partial charge >= 0.3 is 0 Å². The van der Waals surface area contributed by atoms with Crippen molar-refractivity contribution in [3.05, 3.63) is 77.4 Å². The third-order valence-corrected chi connectivity index (χ3v) is 5.03. The van der Waals surface area contributed by atoms with Crippen LogP contribution in [0.25, 0.3) is 10.8 Å². The number of fused-ring (bicyclic) bond motifs is 2. The van der Waals surface area contributed by atoms with Gasteiger partial charge in [0.1, 0.15) is 5.75 Å². The third kappa shape index (κ3) is 3.81. The maximum atomic E-state index is 5.30. The molecule has 0 amide bonds. The van der Waals surface area contributed by atoms with Gasteiger partial charge in [-0.05, 0) is 64.9 Å². The third-order valence-electron chi connectivity index (χ3n) is 5.03. The summed E-state index contributed by atoms with van der Waals surface area (Å²) in [4.78, 5) is 0. The summed E-state index contributed by atoms with van der Waals surface area (Å²) >= 11 is 0. The van der Waals surface area contributed by atoms with Gasteiger partial charge in [0.05, 0.1) is 7.11 Å². The lowest BCUT2D eigenvalue weighted by molar-refractivity contribution is 0.415. The topological polar surface area (TPSA) is 21.3 Å². The highest BCUT2D eigenvalue weighted by atomic mass is 35.5. The van der Waals surface area contributed by atoms with Crippen LogP contribution in [0.3, 0.4) is 0 Å². The van der Waals surface area contributed by atoms with Crippen LogP contribution in [0.2, 0.25) is 0 Å². The van der Waals surface area contributed by atoms with Crippen molar-refractivity contribution in [2.24, 2.45) is 0 Å². The number of nitrogens with one attached hydrogen (secondary N) is 1. The minimum Gasteiger partial charge on any atom is -0.497 e. The lowest BCUT2D eigenvalue weighted by Gasteiger charge is -2.26. The molecule has 2 nitrogen and oxygen atoms in total. The van der Waals surface area contributed by atoms with Crippen molar-refractivity contribution in [3.63, 3.8) is 0 Å². The molecule has 0 heterocycles. The molecule has 0 fully saturated rings. The molecule has 1 aliphatic rings. The number of rotatable bonds is 4. The summed E-state index contributed by atoms with van der Waals surface area (Å²) in [6, 6.07) is 22.2. The monoisotopic (exact) mass is 353 g/mol. The number of ether oxygens (including phenoxy) is 1. The maximum Gasteiger partial charge on any atom is 0.119 e. The maximum absolute atomic E-state index is 5.30. The summed E-state index contributed by atoms with van der Waals surface area (Å²) in [6.07, 6.45) is 3.71. The number of aryl methyl sites for hydroxylation is 1. The van der Waals surface area contributed by atoms with Crippen LogP contribution < -0.4 is 10.1 Å². The molecule has 130 valence electrons. The number of hydrogen-bond acceptors (Lipinski definition) is 2. The molecule has 0 spiro atoms. The Bertz CT molecular complexity index is 862. The molecule has 3 aromatic rings. The van der Waals surface area contributed by atoms with Crippen LogP contribution in [-0.2, 0) is 13.0 Å². The number of methoxy groups -OCH3 is 1. The van der Waals surface area contributed by atoms with Crippen LogP contribution in [0.4, 0.5) is 0 Å². The highest BCUT2D eigenvalue weighted by Crippen LogP contribution is 2.30. The minimum absolute atomic E-state index is 0. The average Bonchev–Trinajstić information content (AvgIpc) is 2.65. The summed E-state index contributed by atoms with van der Waals surface area (Å²) in [5.74, 6) is 0.909. The summed E-state index contributed by atoms with van der Waals surface area (Å²) in [6.45, 7) is 0.904. The average molecular weight is 354 g/mol. The van der Waals surface area contributed by atoms with E-state index in [0.29, 0.717) is 6.04 Å². The predicted octanol–water partition coefficient (Wildman–Crippen LogP) is 5.44. The first-order chi connectivity index (χ1) is 11.8. The first-order valence-corrected chi connectivity index (χ1v) is 8.71. The van der Waals surface area contributed by atoms with E-state index < -0.39 is 0 Å². The molecule has 1 N–H and O–H groups in total. The molecule has 0 saturated heterocycles. The second-order valence-electron chi connectivity index (χ2n) is 6.57. The Labute approximate surface area is 155 Å². The fourth-order valence-corrected chi connectivity index (χ4v) is 3.72. The Hall–Kier alpha value is -2.03. The van der Waals surface area contributed by atoms with Crippen molar-refractivity contribution in [1.29, 1.82) is 0 Å². The fraction of sp³-hybridized carbons (Fsp3) is 0.273. The van der Waals surface area contributed by atoms with E-state index in [-0.39, 0.29) is 12.4 Å². The summed E-state index contributed by atoms with van der Waals surface area (Å²) in [5, 5.41) is 6.24. The van der Waals surface area contributed by atoms with Crippen molar-refractivity contribution in [2.45, 2.75) is 31.8 Å². The molecule has 4 rings (SSSR count). The zero-order chi connectivity index (χ0) is 16.4. The van der Waals surface area contributed by atoms with Crippen molar-refractivity contribution in [1.82, 2.24) is 5.32 Å². The number of halogens is 1. The van der Waals surface area contributed by atoms with E-state index in [1.54, 1.807) is 7.11 Å². The van der Waals surface area contributed by atoms with E-state index in [2.05, 4.69) is 59.9 Å². The molecule has 0 saturated carbocycles. The molecule has 25 heavy (non-hydrogen) atoms. The summed E-state index contributed by atoms with van der Waals surface area (Å²) in [5.41, 5.74) is 4.32. The zero-order valence-electron chi connectivity index (χ0n) is 14.5. The molecule has 3 aromatic carbocycles. The number of benzene rings is 3. The van der Waals surface area contributed by atoms with Gasteiger partial charge in [0.15, 0.2) is 0 Å². The van der Waals surface area contributed by atoms with E-state index in [1.807, 2.05) is 6.07 Å². The van der Waals surface area contributed by atoms with Gasteiger partial charge in [-0.3, -0.25) is 0 Å². The van der Waals surface area contributed by atoms with Gasteiger partial charge in [-0.15, -0.1) is 12.4 Å². The summed E-state index contributed by atoms with van der Waals surface area (Å²) in [7, 11) is 1.71. The van der Waals surface area contributed by atoms with Gasteiger partial charge in [0.25, 0.3) is 0 Å². The SMILES string of the molecule is COc1ccc2cc(CNC3CCCc4ccccc43)ccc2c1.Cl. The lowest BCUT2D eigenvalue weighted by Crippen LogP contribution is -2.24. The molecule has 0 aliphatic heterocycles. The lowest BCUT2D eigenvalue weighted by atomic mass is 9.87. The Balaban J connectivity index is 0.00000182. The Morgan fingerprint density at radius 3 is 2.68 bits per heavy atom. The molecule has 0 bridgehead atoms. The quantitative estimate of drug-likeness (QED) is 0.674. The van der Waals surface area contributed by atoms with Crippen molar-refractivity contribution in [3.8, 4) is 5.75 Å². The standard InChI is InChI=1S/C22H23NO.ClH/c1-24-20-12-11-18-13-16(9-10-19(18)14-20)15-23-22-8-4-6-17-5-2-3-7-21(17)22;/h2-3,5,7,9-14,22-23H,4,6,8,15H2,1H3;1H. The van der Waals surface area contributed by atoms with Gasteiger partial charge < -0.3 is 10.1 Å². The normalized spacial score (nSPS) is 16.1. The van der Waals surface area contributed by atoms with E-state index in [1.165, 1.54) is 46.7 Å². The smallest absolute Gasteiger partial charge is 0.119 e. The largest absolute Gasteiger partial charge is 0.497 e. The van der Waals surface area contributed by atoms with Gasteiger partial charge in [-0.25, -0.2) is 0 Å². The van der Waals surface area contributed by atoms with Crippen LogP contribution in [0.1, 0.15) is 35.6 Å². The molecule has 0 aromatic heterocycles. The predicted molar refractivity (Wildman–Crippen MR) is 107 cm³/mol. The molecular weight excluding hydrogens is 330 g/mol.